The summed E-state index contributed by atoms with van der Waals surface area (Å²) in [4.78, 5) is 8.52. The van der Waals surface area contributed by atoms with E-state index < -0.39 is 0 Å². The molecule has 2 aromatic rings. The Balaban J connectivity index is 2.04. The molecule has 0 radical (unpaired) electrons. The highest BCUT2D eigenvalue weighted by molar-refractivity contribution is 5.44. The zero-order chi connectivity index (χ0) is 12.1. The summed E-state index contributed by atoms with van der Waals surface area (Å²) in [5.74, 6) is 1.95. The van der Waals surface area contributed by atoms with Gasteiger partial charge in [-0.15, -0.1) is 0 Å². The molecule has 0 atom stereocenters. The van der Waals surface area contributed by atoms with E-state index in [-0.39, 0.29) is 0 Å². The van der Waals surface area contributed by atoms with Crippen LogP contribution in [0.15, 0.2) is 22.9 Å². The highest BCUT2D eigenvalue weighted by Crippen LogP contribution is 2.10. The molecule has 90 valence electrons. The van der Waals surface area contributed by atoms with Gasteiger partial charge in [-0.3, -0.25) is 0 Å². The van der Waals surface area contributed by atoms with Crippen LogP contribution in [-0.2, 0) is 13.0 Å². The first-order chi connectivity index (χ1) is 8.28. The van der Waals surface area contributed by atoms with Crippen molar-refractivity contribution in [3.63, 3.8) is 0 Å². The molecule has 0 aliphatic heterocycles. The number of nitrogen functional groups attached to an aromatic ring is 1. The maximum Gasteiger partial charge on any atom is 0.133 e. The third kappa shape index (κ3) is 3.17. The topological polar surface area (TPSA) is 89.9 Å². The standard InChI is InChI=1S/C11H15N5O/c1-2-3-10-14-9(12)6-11(15-10)13-7-8-4-5-17-16-8/h4-6H,2-3,7H2,1H3,(H3,12,13,14,15). The van der Waals surface area contributed by atoms with E-state index in [4.69, 9.17) is 10.3 Å². The Kier molecular flexibility index (Phi) is 3.54. The summed E-state index contributed by atoms with van der Waals surface area (Å²) in [7, 11) is 0. The molecule has 2 aromatic heterocycles. The molecule has 0 aliphatic rings. The van der Waals surface area contributed by atoms with Crippen LogP contribution in [0.3, 0.4) is 0 Å². The van der Waals surface area contributed by atoms with Crippen molar-refractivity contribution < 1.29 is 4.52 Å². The van der Waals surface area contributed by atoms with Gasteiger partial charge in [-0.2, -0.15) is 0 Å². The van der Waals surface area contributed by atoms with Gasteiger partial charge in [0.1, 0.15) is 29.4 Å². The summed E-state index contributed by atoms with van der Waals surface area (Å²) >= 11 is 0. The smallest absolute Gasteiger partial charge is 0.133 e. The van der Waals surface area contributed by atoms with Crippen LogP contribution in [0, 0.1) is 0 Å². The predicted octanol–water partition coefficient (Wildman–Crippen LogP) is 1.61. The molecule has 2 rings (SSSR count). The lowest BCUT2D eigenvalue weighted by Gasteiger charge is -2.06. The Morgan fingerprint density at radius 2 is 2.29 bits per heavy atom. The van der Waals surface area contributed by atoms with Crippen LogP contribution in [0.5, 0.6) is 0 Å². The molecule has 6 nitrogen and oxygen atoms in total. The van der Waals surface area contributed by atoms with Crippen LogP contribution in [0.2, 0.25) is 0 Å². The molecule has 0 aliphatic carbocycles. The van der Waals surface area contributed by atoms with E-state index in [1.54, 1.807) is 12.1 Å². The van der Waals surface area contributed by atoms with Gasteiger partial charge in [0, 0.05) is 18.6 Å². The molecule has 0 aromatic carbocycles. The second kappa shape index (κ2) is 5.29. The number of rotatable bonds is 5. The second-order valence-corrected chi connectivity index (χ2v) is 3.69. The van der Waals surface area contributed by atoms with Gasteiger partial charge < -0.3 is 15.6 Å². The number of anilines is 2. The van der Waals surface area contributed by atoms with E-state index in [1.165, 1.54) is 6.26 Å². The van der Waals surface area contributed by atoms with Crippen LogP contribution in [-0.4, -0.2) is 15.1 Å². The summed E-state index contributed by atoms with van der Waals surface area (Å²) in [5, 5.41) is 6.93. The lowest BCUT2D eigenvalue weighted by atomic mass is 10.3. The normalized spacial score (nSPS) is 10.4. The second-order valence-electron chi connectivity index (χ2n) is 3.69. The fourth-order valence-corrected chi connectivity index (χ4v) is 1.45. The molecule has 3 N–H and O–H groups in total. The van der Waals surface area contributed by atoms with Crippen molar-refractivity contribution in [2.75, 3.05) is 11.1 Å². The Hall–Kier alpha value is -2.11. The summed E-state index contributed by atoms with van der Waals surface area (Å²) in [6.45, 7) is 2.63. The lowest BCUT2D eigenvalue weighted by Crippen LogP contribution is -2.06. The minimum absolute atomic E-state index is 0.478. The highest BCUT2D eigenvalue weighted by atomic mass is 16.5. The van der Waals surface area contributed by atoms with Crippen molar-refractivity contribution in [1.29, 1.82) is 0 Å². The third-order valence-corrected chi connectivity index (χ3v) is 2.21. The minimum Gasteiger partial charge on any atom is -0.384 e. The van der Waals surface area contributed by atoms with Crippen molar-refractivity contribution in [3.05, 3.63) is 29.9 Å². The molecular weight excluding hydrogens is 218 g/mol. The largest absolute Gasteiger partial charge is 0.384 e. The molecule has 0 saturated carbocycles. The molecule has 0 bridgehead atoms. The van der Waals surface area contributed by atoms with Crippen LogP contribution >= 0.6 is 0 Å². The van der Waals surface area contributed by atoms with Crippen LogP contribution in [0.1, 0.15) is 24.9 Å². The SMILES string of the molecule is CCCc1nc(N)cc(NCc2ccon2)n1. The van der Waals surface area contributed by atoms with Crippen molar-refractivity contribution in [2.45, 2.75) is 26.3 Å². The Morgan fingerprint density at radius 1 is 1.41 bits per heavy atom. The zero-order valence-electron chi connectivity index (χ0n) is 9.68. The number of aryl methyl sites for hydroxylation is 1. The molecule has 0 spiro atoms. The Morgan fingerprint density at radius 3 is 3.00 bits per heavy atom. The maximum absolute atomic E-state index is 5.71. The molecule has 6 heteroatoms. The monoisotopic (exact) mass is 233 g/mol. The van der Waals surface area contributed by atoms with Crippen LogP contribution in [0.4, 0.5) is 11.6 Å². The van der Waals surface area contributed by atoms with E-state index >= 15 is 0 Å². The third-order valence-electron chi connectivity index (χ3n) is 2.21. The summed E-state index contributed by atoms with van der Waals surface area (Å²) < 4.78 is 4.74. The fourth-order valence-electron chi connectivity index (χ4n) is 1.45. The van der Waals surface area contributed by atoms with Gasteiger partial charge in [0.05, 0.1) is 6.54 Å². The first kappa shape index (κ1) is 11.4. The number of nitrogens with one attached hydrogen (secondary N) is 1. The van der Waals surface area contributed by atoms with Crippen molar-refractivity contribution >= 4 is 11.6 Å². The van der Waals surface area contributed by atoms with Gasteiger partial charge in [-0.25, -0.2) is 9.97 Å². The maximum atomic E-state index is 5.71. The van der Waals surface area contributed by atoms with Gasteiger partial charge in [0.2, 0.25) is 0 Å². The number of hydrogen-bond donors (Lipinski definition) is 2. The van der Waals surface area contributed by atoms with Gasteiger partial charge in [0.15, 0.2) is 0 Å². The fraction of sp³-hybridized carbons (Fsp3) is 0.364. The lowest BCUT2D eigenvalue weighted by molar-refractivity contribution is 0.412. The van der Waals surface area contributed by atoms with Crippen molar-refractivity contribution in [3.8, 4) is 0 Å². The van der Waals surface area contributed by atoms with E-state index in [9.17, 15) is 0 Å². The molecule has 0 fully saturated rings. The number of nitrogens with zero attached hydrogens (tertiary/aromatic N) is 3. The number of aromatic nitrogens is 3. The van der Waals surface area contributed by atoms with Crippen molar-refractivity contribution in [1.82, 2.24) is 15.1 Å². The van der Waals surface area contributed by atoms with Gasteiger partial charge in [-0.05, 0) is 6.42 Å². The first-order valence-electron chi connectivity index (χ1n) is 5.54. The molecule has 0 saturated heterocycles. The number of nitrogens with two attached hydrogens (primary N) is 1. The molecule has 0 amide bonds. The minimum atomic E-state index is 0.478. The number of hydrogen-bond acceptors (Lipinski definition) is 6. The van der Waals surface area contributed by atoms with Gasteiger partial charge in [-0.1, -0.05) is 12.1 Å². The van der Waals surface area contributed by atoms with E-state index in [0.717, 1.165) is 24.4 Å². The van der Waals surface area contributed by atoms with Crippen LogP contribution in [0.25, 0.3) is 0 Å². The van der Waals surface area contributed by atoms with Gasteiger partial charge in [0.25, 0.3) is 0 Å². The predicted molar refractivity (Wildman–Crippen MR) is 64.3 cm³/mol. The molecule has 0 unspecified atom stereocenters. The summed E-state index contributed by atoms with van der Waals surface area (Å²) in [6, 6.07) is 3.50. The summed E-state index contributed by atoms with van der Waals surface area (Å²) in [6.07, 6.45) is 3.35. The molecule has 2 heterocycles. The first-order valence-corrected chi connectivity index (χ1v) is 5.54. The highest BCUT2D eigenvalue weighted by Gasteiger charge is 2.03. The van der Waals surface area contributed by atoms with Gasteiger partial charge >= 0.3 is 0 Å². The zero-order valence-corrected chi connectivity index (χ0v) is 9.68. The quantitative estimate of drug-likeness (QED) is 0.815. The van der Waals surface area contributed by atoms with E-state index in [2.05, 4.69) is 27.4 Å². The Labute approximate surface area is 99.2 Å². The van der Waals surface area contributed by atoms with Crippen LogP contribution < -0.4 is 11.1 Å². The average Bonchev–Trinajstić information content (AvgIpc) is 2.79. The summed E-state index contributed by atoms with van der Waals surface area (Å²) in [5.41, 5.74) is 6.53. The van der Waals surface area contributed by atoms with Crippen molar-refractivity contribution in [2.24, 2.45) is 0 Å². The van der Waals surface area contributed by atoms with E-state index in [1.807, 2.05) is 0 Å². The Bertz CT molecular complexity index is 469. The van der Waals surface area contributed by atoms with E-state index in [0.29, 0.717) is 18.2 Å². The molecule has 17 heavy (non-hydrogen) atoms. The molecular formula is C11H15N5O. The average molecular weight is 233 g/mol.